The van der Waals surface area contributed by atoms with Gasteiger partial charge in [-0.2, -0.15) is 0 Å². The van der Waals surface area contributed by atoms with E-state index in [0.717, 1.165) is 6.54 Å². The third-order valence-electron chi connectivity index (χ3n) is 1.55. The summed E-state index contributed by atoms with van der Waals surface area (Å²) in [6.45, 7) is 7.49. The average molecular weight is 184 g/mol. The van der Waals surface area contributed by atoms with Gasteiger partial charge in [0.25, 0.3) is 0 Å². The van der Waals surface area contributed by atoms with E-state index in [2.05, 4.69) is 31.1 Å². The zero-order valence-corrected chi connectivity index (χ0v) is 8.96. The molecule has 0 radical (unpaired) electrons. The third-order valence-corrected chi connectivity index (χ3v) is 2.97. The van der Waals surface area contributed by atoms with Crippen LogP contribution in [0.4, 0.5) is 0 Å². The van der Waals surface area contributed by atoms with Crippen LogP contribution in [0.15, 0.2) is 6.20 Å². The Bertz CT molecular complexity index is 247. The van der Waals surface area contributed by atoms with Gasteiger partial charge in [-0.05, 0) is 7.05 Å². The second-order valence-electron chi connectivity index (χ2n) is 3.91. The van der Waals surface area contributed by atoms with Gasteiger partial charge >= 0.3 is 0 Å². The normalized spacial score (nSPS) is 12.0. The van der Waals surface area contributed by atoms with Gasteiger partial charge in [0.05, 0.1) is 5.01 Å². The number of nitrogens with zero attached hydrogens (tertiary/aromatic N) is 1. The molecule has 0 aliphatic carbocycles. The van der Waals surface area contributed by atoms with Gasteiger partial charge in [-0.25, -0.2) is 4.98 Å². The van der Waals surface area contributed by atoms with E-state index < -0.39 is 0 Å². The lowest BCUT2D eigenvalue weighted by Crippen LogP contribution is -2.09. The second kappa shape index (κ2) is 3.54. The first-order valence-electron chi connectivity index (χ1n) is 4.14. The largest absolute Gasteiger partial charge is 0.315 e. The summed E-state index contributed by atoms with van der Waals surface area (Å²) in [6, 6.07) is 0. The Morgan fingerprint density at radius 1 is 1.50 bits per heavy atom. The van der Waals surface area contributed by atoms with Gasteiger partial charge in [-0.1, -0.05) is 20.8 Å². The smallest absolute Gasteiger partial charge is 0.0981 e. The molecular weight excluding hydrogens is 168 g/mol. The SMILES string of the molecule is CNCc1cnc(C(C)(C)C)s1. The minimum atomic E-state index is 0.191. The van der Waals surface area contributed by atoms with E-state index in [1.165, 1.54) is 9.88 Å². The topological polar surface area (TPSA) is 24.9 Å². The fourth-order valence-corrected chi connectivity index (χ4v) is 1.89. The predicted molar refractivity (Wildman–Crippen MR) is 53.6 cm³/mol. The first kappa shape index (κ1) is 9.68. The van der Waals surface area contributed by atoms with E-state index in [1.807, 2.05) is 13.2 Å². The van der Waals surface area contributed by atoms with Crippen molar-refractivity contribution in [3.05, 3.63) is 16.1 Å². The summed E-state index contributed by atoms with van der Waals surface area (Å²) in [5, 5.41) is 4.33. The molecule has 1 aromatic rings. The van der Waals surface area contributed by atoms with Crippen LogP contribution in [0.2, 0.25) is 0 Å². The van der Waals surface area contributed by atoms with Crippen molar-refractivity contribution in [3.8, 4) is 0 Å². The van der Waals surface area contributed by atoms with Crippen LogP contribution in [-0.2, 0) is 12.0 Å². The summed E-state index contributed by atoms with van der Waals surface area (Å²) >= 11 is 1.79. The molecule has 0 aromatic carbocycles. The van der Waals surface area contributed by atoms with E-state index in [0.29, 0.717) is 0 Å². The summed E-state index contributed by atoms with van der Waals surface area (Å²) in [4.78, 5) is 5.69. The maximum atomic E-state index is 4.38. The van der Waals surface area contributed by atoms with Crippen LogP contribution in [0, 0.1) is 0 Å². The Kier molecular flexibility index (Phi) is 2.85. The minimum Gasteiger partial charge on any atom is -0.315 e. The first-order chi connectivity index (χ1) is 5.54. The monoisotopic (exact) mass is 184 g/mol. The maximum Gasteiger partial charge on any atom is 0.0981 e. The van der Waals surface area contributed by atoms with Gasteiger partial charge in [0, 0.05) is 23.0 Å². The van der Waals surface area contributed by atoms with Crippen molar-refractivity contribution < 1.29 is 0 Å². The molecule has 2 nitrogen and oxygen atoms in total. The molecule has 0 saturated heterocycles. The van der Waals surface area contributed by atoms with Crippen molar-refractivity contribution in [1.82, 2.24) is 10.3 Å². The lowest BCUT2D eigenvalue weighted by atomic mass is 9.98. The van der Waals surface area contributed by atoms with Gasteiger partial charge in [-0.15, -0.1) is 11.3 Å². The highest BCUT2D eigenvalue weighted by atomic mass is 32.1. The zero-order chi connectivity index (χ0) is 9.19. The molecule has 0 aliphatic rings. The lowest BCUT2D eigenvalue weighted by Gasteiger charge is -2.13. The number of hydrogen-bond acceptors (Lipinski definition) is 3. The van der Waals surface area contributed by atoms with Crippen molar-refractivity contribution in [2.45, 2.75) is 32.7 Å². The summed E-state index contributed by atoms with van der Waals surface area (Å²) < 4.78 is 0. The fourth-order valence-electron chi connectivity index (χ4n) is 0.910. The van der Waals surface area contributed by atoms with Crippen LogP contribution in [0.1, 0.15) is 30.7 Å². The second-order valence-corrected chi connectivity index (χ2v) is 5.03. The number of aromatic nitrogens is 1. The van der Waals surface area contributed by atoms with Crippen LogP contribution in [0.5, 0.6) is 0 Å². The summed E-state index contributed by atoms with van der Waals surface area (Å²) in [6.07, 6.45) is 1.96. The molecule has 0 amide bonds. The lowest BCUT2D eigenvalue weighted by molar-refractivity contribution is 0.585. The summed E-state index contributed by atoms with van der Waals surface area (Å²) in [5.41, 5.74) is 0.191. The van der Waals surface area contributed by atoms with E-state index in [9.17, 15) is 0 Å². The Hall–Kier alpha value is -0.410. The van der Waals surface area contributed by atoms with Crippen molar-refractivity contribution in [3.63, 3.8) is 0 Å². The molecule has 1 heterocycles. The number of thiazole rings is 1. The van der Waals surface area contributed by atoms with Gasteiger partial charge in [0.1, 0.15) is 0 Å². The van der Waals surface area contributed by atoms with E-state index >= 15 is 0 Å². The van der Waals surface area contributed by atoms with E-state index in [4.69, 9.17) is 0 Å². The van der Waals surface area contributed by atoms with Crippen LogP contribution in [0.25, 0.3) is 0 Å². The minimum absolute atomic E-state index is 0.191. The van der Waals surface area contributed by atoms with Crippen molar-refractivity contribution in [2.75, 3.05) is 7.05 Å². The zero-order valence-electron chi connectivity index (χ0n) is 8.14. The van der Waals surface area contributed by atoms with E-state index in [-0.39, 0.29) is 5.41 Å². The van der Waals surface area contributed by atoms with Crippen LogP contribution < -0.4 is 5.32 Å². The maximum absolute atomic E-state index is 4.38. The summed E-state index contributed by atoms with van der Waals surface area (Å²) in [5.74, 6) is 0. The van der Waals surface area contributed by atoms with E-state index in [1.54, 1.807) is 11.3 Å². The highest BCUT2D eigenvalue weighted by Gasteiger charge is 2.17. The highest BCUT2D eigenvalue weighted by Crippen LogP contribution is 2.26. The molecule has 0 spiro atoms. The Labute approximate surface area is 78.0 Å². The third kappa shape index (κ3) is 2.29. The van der Waals surface area contributed by atoms with Crippen molar-refractivity contribution in [1.29, 1.82) is 0 Å². The molecule has 0 fully saturated rings. The van der Waals surface area contributed by atoms with Gasteiger partial charge in [0.15, 0.2) is 0 Å². The van der Waals surface area contributed by atoms with Gasteiger partial charge in [-0.3, -0.25) is 0 Å². The Morgan fingerprint density at radius 2 is 2.17 bits per heavy atom. The van der Waals surface area contributed by atoms with Gasteiger partial charge in [0.2, 0.25) is 0 Å². The van der Waals surface area contributed by atoms with Crippen molar-refractivity contribution >= 4 is 11.3 Å². The molecule has 0 saturated carbocycles. The predicted octanol–water partition coefficient (Wildman–Crippen LogP) is 2.16. The van der Waals surface area contributed by atoms with Crippen LogP contribution in [0.3, 0.4) is 0 Å². The molecule has 1 N–H and O–H groups in total. The fraction of sp³-hybridized carbons (Fsp3) is 0.667. The number of nitrogens with one attached hydrogen (secondary N) is 1. The molecule has 1 aromatic heterocycles. The number of rotatable bonds is 2. The molecular formula is C9H16N2S. The molecule has 68 valence electrons. The molecule has 1 rings (SSSR count). The van der Waals surface area contributed by atoms with Crippen LogP contribution >= 0.6 is 11.3 Å². The summed E-state index contributed by atoms with van der Waals surface area (Å²) in [7, 11) is 1.95. The highest BCUT2D eigenvalue weighted by molar-refractivity contribution is 7.11. The number of hydrogen-bond donors (Lipinski definition) is 1. The molecule has 3 heteroatoms. The molecule has 0 aliphatic heterocycles. The Balaban J connectivity index is 2.77. The van der Waals surface area contributed by atoms with Gasteiger partial charge < -0.3 is 5.32 Å². The molecule has 0 bridgehead atoms. The molecule has 12 heavy (non-hydrogen) atoms. The first-order valence-corrected chi connectivity index (χ1v) is 4.95. The van der Waals surface area contributed by atoms with Crippen molar-refractivity contribution in [2.24, 2.45) is 0 Å². The molecule has 0 unspecified atom stereocenters. The quantitative estimate of drug-likeness (QED) is 0.762. The molecule has 0 atom stereocenters. The van der Waals surface area contributed by atoms with Crippen LogP contribution in [-0.4, -0.2) is 12.0 Å². The standard InChI is InChI=1S/C9H16N2S/c1-9(2,3)8-11-6-7(12-8)5-10-4/h6,10H,5H2,1-4H3. The Morgan fingerprint density at radius 3 is 2.58 bits per heavy atom. The average Bonchev–Trinajstić information content (AvgIpc) is 2.35.